The number of likely N-dealkylation sites (tertiary alicyclic amines) is 1. The van der Waals surface area contributed by atoms with Crippen molar-refractivity contribution < 1.29 is 23.9 Å². The van der Waals surface area contributed by atoms with Crippen molar-refractivity contribution in [3.05, 3.63) is 76.2 Å². The summed E-state index contributed by atoms with van der Waals surface area (Å²) in [6.07, 6.45) is 0.890. The number of nitrogens with one attached hydrogen (secondary N) is 3. The summed E-state index contributed by atoms with van der Waals surface area (Å²) in [5.41, 5.74) is 3.40. The molecule has 3 N–H and O–H groups in total. The highest BCUT2D eigenvalue weighted by atomic mass is 32.1. The molecule has 0 radical (unpaired) electrons. The van der Waals surface area contributed by atoms with Gasteiger partial charge in [-0.05, 0) is 115 Å². The van der Waals surface area contributed by atoms with Crippen molar-refractivity contribution in [2.45, 2.75) is 98.1 Å². The number of nitrogens with zero attached hydrogens (tertiary/aromatic N) is 1. The van der Waals surface area contributed by atoms with Gasteiger partial charge in [-0.1, -0.05) is 24.3 Å². The topological polar surface area (TPSA) is 109 Å². The molecule has 0 spiro atoms. The number of thiophene rings is 1. The Kier molecular flexibility index (Phi) is 11.0. The molecule has 2 heterocycles. The van der Waals surface area contributed by atoms with E-state index in [1.807, 2.05) is 104 Å². The van der Waals surface area contributed by atoms with Gasteiger partial charge in [-0.25, -0.2) is 9.59 Å². The lowest BCUT2D eigenvalue weighted by Gasteiger charge is -2.34. The largest absolute Gasteiger partial charge is 0.444 e. The number of rotatable bonds is 8. The number of carbonyl (C=O) groups is 3. The third-order valence-corrected chi connectivity index (χ3v) is 8.62. The quantitative estimate of drug-likeness (QED) is 0.228. The molecule has 4 rings (SSSR count). The van der Waals surface area contributed by atoms with Crippen molar-refractivity contribution in [2.24, 2.45) is 0 Å². The van der Waals surface area contributed by atoms with E-state index in [1.54, 1.807) is 16.2 Å². The third kappa shape index (κ3) is 10.2. The van der Waals surface area contributed by atoms with Crippen LogP contribution in [0.2, 0.25) is 0 Å². The zero-order valence-electron chi connectivity index (χ0n) is 28.3. The molecule has 0 saturated carbocycles. The van der Waals surface area contributed by atoms with Gasteiger partial charge in [-0.15, -0.1) is 11.3 Å². The molecule has 3 amide bonds. The molecule has 2 aromatic carbocycles. The van der Waals surface area contributed by atoms with Gasteiger partial charge < -0.3 is 30.3 Å². The molecule has 46 heavy (non-hydrogen) atoms. The SMILES string of the molecule is Cc1ccc(NC2CCN(C(=O)OC(C)(C)C)CC2)cc1C(=O)N[C@H](C)c1cccc(-c2ccc(CNC(=O)OC(C)(C)C)s2)c1. The van der Waals surface area contributed by atoms with E-state index in [-0.39, 0.29) is 24.1 Å². The van der Waals surface area contributed by atoms with E-state index in [0.717, 1.165) is 45.0 Å². The van der Waals surface area contributed by atoms with Gasteiger partial charge in [0.05, 0.1) is 12.6 Å². The summed E-state index contributed by atoms with van der Waals surface area (Å²) in [5, 5.41) is 9.54. The lowest BCUT2D eigenvalue weighted by molar-refractivity contribution is 0.0210. The second-order valence-electron chi connectivity index (χ2n) is 13.9. The van der Waals surface area contributed by atoms with Crippen molar-refractivity contribution in [1.82, 2.24) is 15.5 Å². The average molecular weight is 649 g/mol. The van der Waals surface area contributed by atoms with Gasteiger partial charge in [0.2, 0.25) is 0 Å². The Morgan fingerprint density at radius 2 is 1.63 bits per heavy atom. The number of benzene rings is 2. The van der Waals surface area contributed by atoms with Crippen molar-refractivity contribution in [3.8, 4) is 10.4 Å². The van der Waals surface area contributed by atoms with E-state index in [2.05, 4.69) is 22.0 Å². The first kappa shape index (κ1) is 34.8. The first-order chi connectivity index (χ1) is 21.6. The minimum atomic E-state index is -0.542. The molecule has 10 heteroatoms. The second kappa shape index (κ2) is 14.6. The first-order valence-corrected chi connectivity index (χ1v) is 16.7. The molecule has 3 aromatic rings. The smallest absolute Gasteiger partial charge is 0.410 e. The van der Waals surface area contributed by atoms with E-state index in [4.69, 9.17) is 9.47 Å². The Bertz CT molecular complexity index is 1530. The van der Waals surface area contributed by atoms with Crippen LogP contribution in [0.25, 0.3) is 10.4 Å². The van der Waals surface area contributed by atoms with Crippen LogP contribution in [-0.4, -0.2) is 53.3 Å². The molecule has 1 aromatic heterocycles. The molecule has 9 nitrogen and oxygen atoms in total. The van der Waals surface area contributed by atoms with Gasteiger partial charge in [0.15, 0.2) is 0 Å². The van der Waals surface area contributed by atoms with E-state index < -0.39 is 17.3 Å². The van der Waals surface area contributed by atoms with Gasteiger partial charge in [0, 0.05) is 40.1 Å². The minimum absolute atomic E-state index is 0.134. The zero-order chi connectivity index (χ0) is 33.6. The summed E-state index contributed by atoms with van der Waals surface area (Å²) in [4.78, 5) is 41.8. The summed E-state index contributed by atoms with van der Waals surface area (Å²) in [7, 11) is 0. The highest BCUT2D eigenvalue weighted by molar-refractivity contribution is 7.15. The summed E-state index contributed by atoms with van der Waals surface area (Å²) in [6.45, 7) is 16.7. The highest BCUT2D eigenvalue weighted by Crippen LogP contribution is 2.30. The highest BCUT2D eigenvalue weighted by Gasteiger charge is 2.27. The minimum Gasteiger partial charge on any atom is -0.444 e. The van der Waals surface area contributed by atoms with Crippen LogP contribution in [0.5, 0.6) is 0 Å². The lowest BCUT2D eigenvalue weighted by atomic mass is 10.0. The Balaban J connectivity index is 1.34. The van der Waals surface area contributed by atoms with E-state index in [0.29, 0.717) is 25.2 Å². The molecule has 0 bridgehead atoms. The maximum Gasteiger partial charge on any atom is 0.410 e. The molecular formula is C36H48N4O5S. The molecule has 248 valence electrons. The third-order valence-electron chi connectivity index (χ3n) is 7.49. The monoisotopic (exact) mass is 648 g/mol. The van der Waals surface area contributed by atoms with E-state index in [1.165, 1.54) is 0 Å². The number of aryl methyl sites for hydroxylation is 1. The Morgan fingerprint density at radius 3 is 2.30 bits per heavy atom. The molecular weight excluding hydrogens is 600 g/mol. The number of piperidine rings is 1. The first-order valence-electron chi connectivity index (χ1n) is 15.9. The number of alkyl carbamates (subject to hydrolysis) is 1. The van der Waals surface area contributed by atoms with Crippen LogP contribution >= 0.6 is 11.3 Å². The molecule has 1 saturated heterocycles. The predicted octanol–water partition coefficient (Wildman–Crippen LogP) is 8.05. The molecule has 0 unspecified atom stereocenters. The van der Waals surface area contributed by atoms with Gasteiger partial charge in [0.25, 0.3) is 5.91 Å². The van der Waals surface area contributed by atoms with Gasteiger partial charge in [-0.2, -0.15) is 0 Å². The standard InChI is InChI=1S/C36H48N4O5S/c1-23-12-13-28(39-27-16-18-40(19-17-27)34(43)45-36(6,7)8)21-30(23)32(41)38-24(2)25-10-9-11-26(20-25)31-15-14-29(46-31)22-37-33(42)44-35(3,4)5/h9-15,20-21,24,27,39H,16-19,22H2,1-8H3,(H,37,42)(H,38,41)/t24-/m1/s1. The van der Waals surface area contributed by atoms with E-state index >= 15 is 0 Å². The van der Waals surface area contributed by atoms with E-state index in [9.17, 15) is 14.4 Å². The number of hydrogen-bond acceptors (Lipinski definition) is 7. The normalized spacial score (nSPS) is 14.7. The maximum absolute atomic E-state index is 13.5. The summed E-state index contributed by atoms with van der Waals surface area (Å²) in [6, 6.07) is 18.1. The fraction of sp³-hybridized carbons (Fsp3) is 0.472. The van der Waals surface area contributed by atoms with Crippen molar-refractivity contribution in [1.29, 1.82) is 0 Å². The number of carbonyl (C=O) groups excluding carboxylic acids is 3. The summed E-state index contributed by atoms with van der Waals surface area (Å²) >= 11 is 1.61. The number of ether oxygens (including phenoxy) is 2. The van der Waals surface area contributed by atoms with Crippen molar-refractivity contribution in [3.63, 3.8) is 0 Å². The fourth-order valence-corrected chi connectivity index (χ4v) is 6.09. The fourth-order valence-electron chi connectivity index (χ4n) is 5.15. The van der Waals surface area contributed by atoms with Crippen LogP contribution < -0.4 is 16.0 Å². The summed E-state index contributed by atoms with van der Waals surface area (Å²) < 4.78 is 10.8. The second-order valence-corrected chi connectivity index (χ2v) is 15.0. The molecule has 1 fully saturated rings. The molecule has 0 aliphatic carbocycles. The zero-order valence-corrected chi connectivity index (χ0v) is 29.1. The van der Waals surface area contributed by atoms with Crippen LogP contribution in [0.4, 0.5) is 15.3 Å². The molecule has 1 atom stereocenters. The Hall–Kier alpha value is -4.05. The van der Waals surface area contributed by atoms with Crippen LogP contribution in [0, 0.1) is 6.92 Å². The molecule has 1 aliphatic rings. The Labute approximate surface area is 277 Å². The van der Waals surface area contributed by atoms with Gasteiger partial charge in [-0.3, -0.25) is 4.79 Å². The molecule has 1 aliphatic heterocycles. The predicted molar refractivity (Wildman–Crippen MR) is 184 cm³/mol. The van der Waals surface area contributed by atoms with Crippen LogP contribution in [0.3, 0.4) is 0 Å². The lowest BCUT2D eigenvalue weighted by Crippen LogP contribution is -2.44. The average Bonchev–Trinajstić information content (AvgIpc) is 3.45. The van der Waals surface area contributed by atoms with Crippen LogP contribution in [-0.2, 0) is 16.0 Å². The van der Waals surface area contributed by atoms with Crippen LogP contribution in [0.1, 0.15) is 93.7 Å². The van der Waals surface area contributed by atoms with Crippen molar-refractivity contribution in [2.75, 3.05) is 18.4 Å². The van der Waals surface area contributed by atoms with Gasteiger partial charge >= 0.3 is 12.2 Å². The Morgan fingerprint density at radius 1 is 0.935 bits per heavy atom. The van der Waals surface area contributed by atoms with Gasteiger partial charge in [0.1, 0.15) is 11.2 Å². The number of anilines is 1. The van der Waals surface area contributed by atoms with Crippen LogP contribution in [0.15, 0.2) is 54.6 Å². The van der Waals surface area contributed by atoms with Crippen molar-refractivity contribution >= 4 is 35.1 Å². The summed E-state index contributed by atoms with van der Waals surface area (Å²) in [5.74, 6) is -0.134. The number of hydrogen-bond donors (Lipinski definition) is 3. The number of amides is 3. The maximum atomic E-state index is 13.5.